The summed E-state index contributed by atoms with van der Waals surface area (Å²) in [4.78, 5) is 50.9. The minimum absolute atomic E-state index is 0.102. The molecule has 10 nitrogen and oxygen atoms in total. The van der Waals surface area contributed by atoms with Crippen LogP contribution in [0.4, 0.5) is 25.0 Å². The number of amides is 4. The molecule has 12 heteroatoms. The van der Waals surface area contributed by atoms with Crippen LogP contribution in [0.5, 0.6) is 5.75 Å². The summed E-state index contributed by atoms with van der Waals surface area (Å²) in [6, 6.07) is 15.4. The lowest BCUT2D eigenvalue weighted by Crippen LogP contribution is -2.42. The molecule has 0 saturated carbocycles. The van der Waals surface area contributed by atoms with Gasteiger partial charge in [-0.05, 0) is 59.9 Å². The number of benzene rings is 3. The lowest BCUT2D eigenvalue weighted by molar-refractivity contribution is -0.136. The highest BCUT2D eigenvalue weighted by atomic mass is 19.1. The van der Waals surface area contributed by atoms with E-state index in [9.17, 15) is 28.0 Å². The molecule has 4 amide bonds. The molecule has 1 atom stereocenters. The van der Waals surface area contributed by atoms with Gasteiger partial charge in [-0.1, -0.05) is 44.5 Å². The first-order valence-electron chi connectivity index (χ1n) is 14.1. The van der Waals surface area contributed by atoms with Crippen molar-refractivity contribution in [3.63, 3.8) is 0 Å². The topological polar surface area (TPSA) is 137 Å². The van der Waals surface area contributed by atoms with Crippen molar-refractivity contribution < 1.29 is 37.8 Å². The third kappa shape index (κ3) is 11.0. The van der Waals surface area contributed by atoms with Gasteiger partial charge in [-0.2, -0.15) is 0 Å². The molecule has 3 aromatic carbocycles. The molecule has 0 spiro atoms. The number of halogens is 2. The standard InChI is InChI=1S/C32H36F2N4O6/c1-3-21(2)11-12-38(30(40)19-36-32(43)37-26-8-6-7-22(15-26)16-31(41)42)27-9-4-5-10-28(27)44-20-29(39)35-18-23-13-24(33)17-25(34)14-23/h4-10,13-15,17,21H,3,11-12,16,18-20H2,1-2H3,(H,35,39)(H,41,42)(H2,36,37,43). The van der Waals surface area contributed by atoms with E-state index >= 15 is 0 Å². The van der Waals surface area contributed by atoms with Crippen LogP contribution in [0.2, 0.25) is 0 Å². The SMILES string of the molecule is CCC(C)CCN(C(=O)CNC(=O)Nc1cccc(CC(=O)O)c1)c1ccccc1OCC(=O)NCc1cc(F)cc(F)c1. The number of anilines is 2. The second-order valence-electron chi connectivity index (χ2n) is 10.2. The number of urea groups is 1. The van der Waals surface area contributed by atoms with Gasteiger partial charge in [-0.25, -0.2) is 13.6 Å². The molecule has 0 bridgehead atoms. The normalized spacial score (nSPS) is 11.3. The van der Waals surface area contributed by atoms with Crippen molar-refractivity contribution in [1.82, 2.24) is 10.6 Å². The van der Waals surface area contributed by atoms with Crippen LogP contribution >= 0.6 is 0 Å². The van der Waals surface area contributed by atoms with Crippen LogP contribution in [0.15, 0.2) is 66.7 Å². The molecule has 0 aliphatic heterocycles. The molecule has 4 N–H and O–H groups in total. The predicted molar refractivity (Wildman–Crippen MR) is 161 cm³/mol. The van der Waals surface area contributed by atoms with Gasteiger partial charge in [0.25, 0.3) is 5.91 Å². The summed E-state index contributed by atoms with van der Waals surface area (Å²) in [6.45, 7) is 3.57. The highest BCUT2D eigenvalue weighted by Crippen LogP contribution is 2.29. The number of carbonyl (C=O) groups excluding carboxylic acids is 3. The summed E-state index contributed by atoms with van der Waals surface area (Å²) in [6.07, 6.45) is 1.37. The zero-order valence-corrected chi connectivity index (χ0v) is 24.6. The number of nitrogens with one attached hydrogen (secondary N) is 3. The molecule has 0 fully saturated rings. The van der Waals surface area contributed by atoms with Gasteiger partial charge in [-0.15, -0.1) is 0 Å². The van der Waals surface area contributed by atoms with Crippen LogP contribution in [0.1, 0.15) is 37.8 Å². The predicted octanol–water partition coefficient (Wildman–Crippen LogP) is 4.88. The van der Waals surface area contributed by atoms with Crippen LogP contribution in [-0.2, 0) is 27.3 Å². The van der Waals surface area contributed by atoms with E-state index in [2.05, 4.69) is 22.9 Å². The molecule has 0 saturated heterocycles. The van der Waals surface area contributed by atoms with Crippen molar-refractivity contribution >= 4 is 35.2 Å². The lowest BCUT2D eigenvalue weighted by Gasteiger charge is -2.26. The second kappa shape index (κ2) is 16.6. The van der Waals surface area contributed by atoms with Gasteiger partial charge in [0.1, 0.15) is 17.4 Å². The Kier molecular flexibility index (Phi) is 12.6. The molecule has 3 aromatic rings. The smallest absolute Gasteiger partial charge is 0.319 e. The van der Waals surface area contributed by atoms with Crippen molar-refractivity contribution in [3.8, 4) is 5.75 Å². The average Bonchev–Trinajstić information content (AvgIpc) is 2.97. The maximum atomic E-state index is 13.4. The van der Waals surface area contributed by atoms with E-state index in [0.717, 1.165) is 24.6 Å². The number of hydrogen-bond acceptors (Lipinski definition) is 5. The number of carboxylic acids is 1. The molecule has 0 heterocycles. The maximum Gasteiger partial charge on any atom is 0.319 e. The second-order valence-corrected chi connectivity index (χ2v) is 10.2. The summed E-state index contributed by atoms with van der Waals surface area (Å²) in [5.41, 5.74) is 1.55. The summed E-state index contributed by atoms with van der Waals surface area (Å²) >= 11 is 0. The number of ether oxygens (including phenoxy) is 1. The minimum Gasteiger partial charge on any atom is -0.482 e. The molecule has 234 valence electrons. The third-order valence-corrected chi connectivity index (χ3v) is 6.71. The fourth-order valence-corrected chi connectivity index (χ4v) is 4.20. The number of carboxylic acid groups (broad SMARTS) is 1. The fourth-order valence-electron chi connectivity index (χ4n) is 4.20. The van der Waals surface area contributed by atoms with Crippen molar-refractivity contribution in [3.05, 3.63) is 89.5 Å². The van der Waals surface area contributed by atoms with Crippen LogP contribution in [0, 0.1) is 17.6 Å². The Morgan fingerprint density at radius 2 is 1.66 bits per heavy atom. The first-order valence-corrected chi connectivity index (χ1v) is 14.1. The van der Waals surface area contributed by atoms with Gasteiger partial charge < -0.3 is 30.7 Å². The molecule has 0 radical (unpaired) electrons. The number of hydrogen-bond donors (Lipinski definition) is 4. The quantitative estimate of drug-likeness (QED) is 0.194. The summed E-state index contributed by atoms with van der Waals surface area (Å²) < 4.78 is 32.6. The van der Waals surface area contributed by atoms with Crippen LogP contribution in [-0.4, -0.2) is 48.6 Å². The lowest BCUT2D eigenvalue weighted by atomic mass is 10.0. The van der Waals surface area contributed by atoms with E-state index in [1.165, 1.54) is 11.0 Å². The van der Waals surface area contributed by atoms with Gasteiger partial charge in [0.15, 0.2) is 6.61 Å². The Labute approximate surface area is 254 Å². The number of para-hydroxylation sites is 2. The third-order valence-electron chi connectivity index (χ3n) is 6.71. The number of carbonyl (C=O) groups is 4. The molecule has 44 heavy (non-hydrogen) atoms. The van der Waals surface area contributed by atoms with Gasteiger partial charge in [0.05, 0.1) is 18.7 Å². The Morgan fingerprint density at radius 3 is 2.36 bits per heavy atom. The Morgan fingerprint density at radius 1 is 0.932 bits per heavy atom. The highest BCUT2D eigenvalue weighted by Gasteiger charge is 2.21. The van der Waals surface area contributed by atoms with E-state index in [-0.39, 0.29) is 30.8 Å². The van der Waals surface area contributed by atoms with E-state index in [1.54, 1.807) is 42.5 Å². The van der Waals surface area contributed by atoms with Crippen molar-refractivity contribution in [2.75, 3.05) is 29.9 Å². The molecular formula is C32H36F2N4O6. The van der Waals surface area contributed by atoms with E-state index in [1.807, 2.05) is 6.92 Å². The number of nitrogens with zero attached hydrogens (tertiary/aromatic N) is 1. The first-order chi connectivity index (χ1) is 21.0. The minimum atomic E-state index is -1.000. The van der Waals surface area contributed by atoms with E-state index in [0.29, 0.717) is 35.8 Å². The summed E-state index contributed by atoms with van der Waals surface area (Å²) in [5.74, 6) is -2.88. The van der Waals surface area contributed by atoms with Gasteiger partial charge >= 0.3 is 12.0 Å². The zero-order chi connectivity index (χ0) is 32.1. The number of rotatable bonds is 15. The van der Waals surface area contributed by atoms with Gasteiger partial charge in [0.2, 0.25) is 5.91 Å². The van der Waals surface area contributed by atoms with Crippen molar-refractivity contribution in [1.29, 1.82) is 0 Å². The van der Waals surface area contributed by atoms with Gasteiger partial charge in [-0.3, -0.25) is 14.4 Å². The maximum absolute atomic E-state index is 13.4. The number of aliphatic carboxylic acids is 1. The molecule has 3 rings (SSSR count). The Hall–Kier alpha value is -5.00. The molecule has 0 aliphatic carbocycles. The largest absolute Gasteiger partial charge is 0.482 e. The van der Waals surface area contributed by atoms with Crippen molar-refractivity contribution in [2.24, 2.45) is 5.92 Å². The van der Waals surface area contributed by atoms with Crippen LogP contribution in [0.3, 0.4) is 0 Å². The average molecular weight is 611 g/mol. The summed E-state index contributed by atoms with van der Waals surface area (Å²) in [5, 5.41) is 16.7. The van der Waals surface area contributed by atoms with Gasteiger partial charge in [0, 0.05) is 24.8 Å². The Balaban J connectivity index is 1.65. The molecule has 0 aromatic heterocycles. The van der Waals surface area contributed by atoms with E-state index in [4.69, 9.17) is 9.84 Å². The van der Waals surface area contributed by atoms with Crippen LogP contribution < -0.4 is 25.6 Å². The zero-order valence-electron chi connectivity index (χ0n) is 24.6. The molecule has 1 unspecified atom stereocenters. The first kappa shape index (κ1) is 33.5. The molecule has 0 aliphatic rings. The summed E-state index contributed by atoms with van der Waals surface area (Å²) in [7, 11) is 0. The highest BCUT2D eigenvalue weighted by molar-refractivity contribution is 5.99. The Bertz CT molecular complexity index is 1450. The fraction of sp³-hybridized carbons (Fsp3) is 0.312. The van der Waals surface area contributed by atoms with E-state index < -0.39 is 42.1 Å². The monoisotopic (exact) mass is 610 g/mol. The van der Waals surface area contributed by atoms with Crippen LogP contribution in [0.25, 0.3) is 0 Å². The molecular weight excluding hydrogens is 574 g/mol. The van der Waals surface area contributed by atoms with Crippen molar-refractivity contribution in [2.45, 2.75) is 39.7 Å².